The van der Waals surface area contributed by atoms with Crippen LogP contribution in [-0.2, 0) is 4.74 Å². The molecule has 1 aliphatic heterocycles. The second-order valence-corrected chi connectivity index (χ2v) is 6.01. The van der Waals surface area contributed by atoms with E-state index in [4.69, 9.17) is 27.9 Å². The SMILES string of the molecule is O=C(NC1(CBr)CCOCC1)c1cc(Cl)ccc1Cl. The Morgan fingerprint density at radius 1 is 1.37 bits per heavy atom. The van der Waals surface area contributed by atoms with Crippen LogP contribution in [0.25, 0.3) is 0 Å². The molecule has 0 bridgehead atoms. The molecule has 2 rings (SSSR count). The molecule has 104 valence electrons. The Morgan fingerprint density at radius 2 is 2.05 bits per heavy atom. The monoisotopic (exact) mass is 365 g/mol. The number of nitrogens with one attached hydrogen (secondary N) is 1. The van der Waals surface area contributed by atoms with Crippen LogP contribution < -0.4 is 5.32 Å². The fourth-order valence-corrected chi connectivity index (χ4v) is 3.11. The maximum Gasteiger partial charge on any atom is 0.253 e. The summed E-state index contributed by atoms with van der Waals surface area (Å²) in [5.74, 6) is -0.200. The van der Waals surface area contributed by atoms with Crippen molar-refractivity contribution in [3.63, 3.8) is 0 Å². The second-order valence-electron chi connectivity index (χ2n) is 4.60. The van der Waals surface area contributed by atoms with Crippen LogP contribution in [0.5, 0.6) is 0 Å². The lowest BCUT2D eigenvalue weighted by Gasteiger charge is -2.36. The van der Waals surface area contributed by atoms with Gasteiger partial charge in [0.15, 0.2) is 0 Å². The summed E-state index contributed by atoms with van der Waals surface area (Å²) in [6, 6.07) is 4.87. The molecule has 1 aromatic carbocycles. The Morgan fingerprint density at radius 3 is 2.68 bits per heavy atom. The van der Waals surface area contributed by atoms with Crippen LogP contribution in [0.1, 0.15) is 23.2 Å². The summed E-state index contributed by atoms with van der Waals surface area (Å²) in [7, 11) is 0. The molecule has 0 saturated carbocycles. The van der Waals surface area contributed by atoms with Crippen LogP contribution >= 0.6 is 39.1 Å². The third-order valence-corrected chi connectivity index (χ3v) is 4.90. The first-order chi connectivity index (χ1) is 9.06. The Balaban J connectivity index is 2.17. The molecule has 0 aliphatic carbocycles. The maximum absolute atomic E-state index is 12.3. The summed E-state index contributed by atoms with van der Waals surface area (Å²) >= 11 is 15.4. The average Bonchev–Trinajstić information content (AvgIpc) is 2.42. The number of alkyl halides is 1. The minimum Gasteiger partial charge on any atom is -0.381 e. The summed E-state index contributed by atoms with van der Waals surface area (Å²) in [5.41, 5.74) is 0.127. The van der Waals surface area contributed by atoms with E-state index in [1.54, 1.807) is 18.2 Å². The highest BCUT2D eigenvalue weighted by Crippen LogP contribution is 2.26. The van der Waals surface area contributed by atoms with Crippen LogP contribution in [0.15, 0.2) is 18.2 Å². The predicted molar refractivity (Wildman–Crippen MR) is 80.5 cm³/mol. The number of hydrogen-bond acceptors (Lipinski definition) is 2. The number of carbonyl (C=O) groups is 1. The number of hydrogen-bond donors (Lipinski definition) is 1. The summed E-state index contributed by atoms with van der Waals surface area (Å²) in [6.45, 7) is 1.30. The van der Waals surface area contributed by atoms with Crippen molar-refractivity contribution >= 4 is 45.0 Å². The van der Waals surface area contributed by atoms with Crippen LogP contribution in [-0.4, -0.2) is 30.0 Å². The molecular weight excluding hydrogens is 353 g/mol. The Kier molecular flexibility index (Phi) is 5.12. The molecule has 0 unspecified atom stereocenters. The van der Waals surface area contributed by atoms with Crippen molar-refractivity contribution < 1.29 is 9.53 Å². The minimum absolute atomic E-state index is 0.200. The van der Waals surface area contributed by atoms with E-state index in [1.807, 2.05) is 0 Å². The molecule has 19 heavy (non-hydrogen) atoms. The highest BCUT2D eigenvalue weighted by molar-refractivity contribution is 9.09. The molecule has 3 nitrogen and oxygen atoms in total. The summed E-state index contributed by atoms with van der Waals surface area (Å²) in [4.78, 5) is 12.3. The standard InChI is InChI=1S/C13H14BrCl2NO2/c14-8-13(3-5-19-6-4-13)17-12(18)10-7-9(15)1-2-11(10)16/h1-2,7H,3-6,8H2,(H,17,18). The van der Waals surface area contributed by atoms with Gasteiger partial charge in [0.2, 0.25) is 0 Å². The lowest BCUT2D eigenvalue weighted by atomic mass is 9.92. The first kappa shape index (κ1) is 15.1. The van der Waals surface area contributed by atoms with Gasteiger partial charge in [-0.15, -0.1) is 0 Å². The number of ether oxygens (including phenoxy) is 1. The van der Waals surface area contributed by atoms with Gasteiger partial charge in [-0.05, 0) is 31.0 Å². The number of benzene rings is 1. The summed E-state index contributed by atoms with van der Waals surface area (Å²) in [6.07, 6.45) is 1.56. The largest absolute Gasteiger partial charge is 0.381 e. The topological polar surface area (TPSA) is 38.3 Å². The zero-order chi connectivity index (χ0) is 13.9. The molecule has 0 spiro atoms. The second kappa shape index (κ2) is 6.44. The zero-order valence-corrected chi connectivity index (χ0v) is 13.3. The third-order valence-electron chi connectivity index (χ3n) is 3.26. The Bertz CT molecular complexity index is 476. The third kappa shape index (κ3) is 3.63. The molecule has 0 radical (unpaired) electrons. The molecule has 1 fully saturated rings. The van der Waals surface area contributed by atoms with Gasteiger partial charge in [-0.25, -0.2) is 0 Å². The quantitative estimate of drug-likeness (QED) is 0.829. The molecule has 1 heterocycles. The molecule has 0 aromatic heterocycles. The van der Waals surface area contributed by atoms with Gasteiger partial charge in [-0.2, -0.15) is 0 Å². The van der Waals surface area contributed by atoms with E-state index in [0.29, 0.717) is 34.2 Å². The smallest absolute Gasteiger partial charge is 0.253 e. The number of carbonyl (C=O) groups excluding carboxylic acids is 1. The van der Waals surface area contributed by atoms with Gasteiger partial charge < -0.3 is 10.1 Å². The fourth-order valence-electron chi connectivity index (χ4n) is 2.03. The predicted octanol–water partition coefficient (Wildman–Crippen LogP) is 3.67. The van der Waals surface area contributed by atoms with Crippen LogP contribution in [0.2, 0.25) is 10.0 Å². The van der Waals surface area contributed by atoms with E-state index in [0.717, 1.165) is 12.8 Å². The van der Waals surface area contributed by atoms with Crippen molar-refractivity contribution in [2.24, 2.45) is 0 Å². The van der Waals surface area contributed by atoms with Gasteiger partial charge in [0.05, 0.1) is 16.1 Å². The normalized spacial score (nSPS) is 18.1. The van der Waals surface area contributed by atoms with Crippen LogP contribution in [0.3, 0.4) is 0 Å². The average molecular weight is 367 g/mol. The molecule has 0 atom stereocenters. The lowest BCUT2D eigenvalue weighted by molar-refractivity contribution is 0.0442. The molecular formula is C13H14BrCl2NO2. The minimum atomic E-state index is -0.277. The molecule has 1 aliphatic rings. The van der Waals surface area contributed by atoms with Gasteiger partial charge in [0, 0.05) is 23.6 Å². The zero-order valence-electron chi connectivity index (χ0n) is 10.2. The van der Waals surface area contributed by atoms with E-state index >= 15 is 0 Å². The van der Waals surface area contributed by atoms with E-state index in [9.17, 15) is 4.79 Å². The van der Waals surface area contributed by atoms with Crippen LogP contribution in [0, 0.1) is 0 Å². The Labute approximate surface area is 130 Å². The van der Waals surface area contributed by atoms with E-state index in [1.165, 1.54) is 0 Å². The molecule has 1 aromatic rings. The van der Waals surface area contributed by atoms with Crippen molar-refractivity contribution in [1.29, 1.82) is 0 Å². The molecule has 1 amide bonds. The van der Waals surface area contributed by atoms with E-state index < -0.39 is 0 Å². The fraction of sp³-hybridized carbons (Fsp3) is 0.462. The van der Waals surface area contributed by atoms with Gasteiger partial charge >= 0.3 is 0 Å². The molecule has 1 N–H and O–H groups in total. The Hall–Kier alpha value is -0.290. The summed E-state index contributed by atoms with van der Waals surface area (Å²) in [5, 5.41) is 4.64. The van der Waals surface area contributed by atoms with Crippen molar-refractivity contribution in [2.45, 2.75) is 18.4 Å². The highest BCUT2D eigenvalue weighted by atomic mass is 79.9. The van der Waals surface area contributed by atoms with Crippen molar-refractivity contribution in [2.75, 3.05) is 18.5 Å². The highest BCUT2D eigenvalue weighted by Gasteiger charge is 2.33. The lowest BCUT2D eigenvalue weighted by Crippen LogP contribution is -2.53. The first-order valence-electron chi connectivity index (χ1n) is 5.98. The van der Waals surface area contributed by atoms with Gasteiger partial charge in [0.25, 0.3) is 5.91 Å². The first-order valence-corrected chi connectivity index (χ1v) is 7.85. The summed E-state index contributed by atoms with van der Waals surface area (Å²) < 4.78 is 5.34. The number of rotatable bonds is 3. The number of amides is 1. The van der Waals surface area contributed by atoms with Gasteiger partial charge in [0.1, 0.15) is 0 Å². The van der Waals surface area contributed by atoms with Crippen molar-refractivity contribution in [3.8, 4) is 0 Å². The van der Waals surface area contributed by atoms with Crippen LogP contribution in [0.4, 0.5) is 0 Å². The van der Waals surface area contributed by atoms with Gasteiger partial charge in [-0.3, -0.25) is 4.79 Å². The van der Waals surface area contributed by atoms with Crippen molar-refractivity contribution in [3.05, 3.63) is 33.8 Å². The van der Waals surface area contributed by atoms with Gasteiger partial charge in [-0.1, -0.05) is 39.1 Å². The van der Waals surface area contributed by atoms with E-state index in [2.05, 4.69) is 21.2 Å². The number of halogens is 3. The molecule has 1 saturated heterocycles. The maximum atomic E-state index is 12.3. The molecule has 6 heteroatoms. The van der Waals surface area contributed by atoms with E-state index in [-0.39, 0.29) is 11.4 Å². The van der Waals surface area contributed by atoms with Crippen molar-refractivity contribution in [1.82, 2.24) is 5.32 Å².